The third kappa shape index (κ3) is 4.82. The van der Waals surface area contributed by atoms with Crippen molar-refractivity contribution in [1.82, 2.24) is 5.01 Å². The highest BCUT2D eigenvalue weighted by Gasteiger charge is 2.39. The Kier molecular flexibility index (Phi) is 6.13. The van der Waals surface area contributed by atoms with E-state index in [1.807, 2.05) is 35.3 Å². The van der Waals surface area contributed by atoms with E-state index in [1.165, 1.54) is 17.3 Å². The molecule has 0 aromatic heterocycles. The van der Waals surface area contributed by atoms with Crippen LogP contribution in [-0.2, 0) is 9.59 Å². The number of amidine groups is 1. The maximum Gasteiger partial charge on any atom is 0.262 e. The van der Waals surface area contributed by atoms with Crippen LogP contribution in [0, 0.1) is 6.92 Å². The number of rotatable bonds is 5. The molecule has 0 aliphatic carbocycles. The molecule has 2 unspecified atom stereocenters. The molecule has 3 aromatic rings. The van der Waals surface area contributed by atoms with Gasteiger partial charge in [-0.1, -0.05) is 71.9 Å². The Labute approximate surface area is 218 Å². The van der Waals surface area contributed by atoms with Gasteiger partial charge in [-0.05, 0) is 30.2 Å². The molecule has 186 valence electrons. The van der Waals surface area contributed by atoms with Crippen molar-refractivity contribution in [2.75, 3.05) is 12.1 Å². The van der Waals surface area contributed by atoms with Crippen molar-refractivity contribution in [2.24, 2.45) is 10.1 Å². The third-order valence-corrected chi connectivity index (χ3v) is 7.57. The van der Waals surface area contributed by atoms with Gasteiger partial charge in [0.2, 0.25) is 12.7 Å². The molecule has 9 heteroatoms. The van der Waals surface area contributed by atoms with E-state index in [-0.39, 0.29) is 31.1 Å². The quantitative estimate of drug-likeness (QED) is 0.523. The van der Waals surface area contributed by atoms with Crippen LogP contribution in [0.5, 0.6) is 11.5 Å². The number of anilines is 1. The normalized spacial score (nSPS) is 20.1. The van der Waals surface area contributed by atoms with E-state index in [0.717, 1.165) is 16.8 Å². The first-order valence-electron chi connectivity index (χ1n) is 12.0. The van der Waals surface area contributed by atoms with Crippen molar-refractivity contribution in [1.29, 1.82) is 0 Å². The van der Waals surface area contributed by atoms with Gasteiger partial charge in [0.25, 0.3) is 5.91 Å². The average molecular weight is 513 g/mol. The molecule has 0 saturated carbocycles. The summed E-state index contributed by atoms with van der Waals surface area (Å²) in [6.45, 7) is 2.21. The zero-order valence-electron chi connectivity index (χ0n) is 20.1. The van der Waals surface area contributed by atoms with E-state index in [0.29, 0.717) is 28.8 Å². The first-order chi connectivity index (χ1) is 18.0. The number of hydrogen-bond acceptors (Lipinski definition) is 7. The lowest BCUT2D eigenvalue weighted by molar-refractivity contribution is -0.121. The summed E-state index contributed by atoms with van der Waals surface area (Å²) >= 11 is 1.29. The van der Waals surface area contributed by atoms with Gasteiger partial charge in [-0.25, -0.2) is 5.01 Å². The Morgan fingerprint density at radius 2 is 1.84 bits per heavy atom. The Morgan fingerprint density at radius 3 is 2.65 bits per heavy atom. The minimum absolute atomic E-state index is 0.00321. The van der Waals surface area contributed by atoms with Crippen LogP contribution in [0.3, 0.4) is 0 Å². The van der Waals surface area contributed by atoms with E-state index >= 15 is 0 Å². The predicted octanol–water partition coefficient (Wildman–Crippen LogP) is 4.90. The van der Waals surface area contributed by atoms with E-state index in [9.17, 15) is 9.59 Å². The Bertz CT molecular complexity index is 1420. The van der Waals surface area contributed by atoms with Gasteiger partial charge < -0.3 is 14.8 Å². The smallest absolute Gasteiger partial charge is 0.262 e. The number of hydrogen-bond donors (Lipinski definition) is 1. The maximum atomic E-state index is 12.8. The van der Waals surface area contributed by atoms with Gasteiger partial charge >= 0.3 is 0 Å². The summed E-state index contributed by atoms with van der Waals surface area (Å²) < 4.78 is 10.7. The number of thioether (sulfide) groups is 1. The van der Waals surface area contributed by atoms with Crippen molar-refractivity contribution in [3.8, 4) is 11.5 Å². The summed E-state index contributed by atoms with van der Waals surface area (Å²) in [7, 11) is 0. The summed E-state index contributed by atoms with van der Waals surface area (Å²) in [5.41, 5.74) is 4.83. The van der Waals surface area contributed by atoms with Crippen LogP contribution in [0.15, 0.2) is 82.9 Å². The molecule has 8 nitrogen and oxygen atoms in total. The largest absolute Gasteiger partial charge is 0.454 e. The number of benzene rings is 3. The molecule has 37 heavy (non-hydrogen) atoms. The minimum Gasteiger partial charge on any atom is -0.454 e. The van der Waals surface area contributed by atoms with Crippen LogP contribution in [0.25, 0.3) is 0 Å². The molecule has 2 atom stereocenters. The zero-order chi connectivity index (χ0) is 25.4. The van der Waals surface area contributed by atoms with E-state index in [2.05, 4.69) is 41.5 Å². The number of hydrazone groups is 1. The monoisotopic (exact) mass is 512 g/mol. The number of carbonyl (C=O) groups is 2. The van der Waals surface area contributed by atoms with Gasteiger partial charge in [0.05, 0.1) is 11.8 Å². The summed E-state index contributed by atoms with van der Waals surface area (Å²) in [6, 6.07) is 23.5. The number of aliphatic imine (C=N–C) groups is 1. The molecular weight excluding hydrogens is 488 g/mol. The zero-order valence-corrected chi connectivity index (χ0v) is 20.9. The standard InChI is InChI=1S/C28H24N4O4S/c1-17-7-9-19(10-8-17)22-14-21(18-5-3-2-4-6-18)31-32(22)28-30-27(34)25(37-28)15-26(33)29-20-11-12-23-24(13-20)36-16-35-23/h2-13,22,25H,14-16H2,1H3,(H,29,33). The summed E-state index contributed by atoms with van der Waals surface area (Å²) in [4.78, 5) is 29.9. The molecule has 3 aliphatic rings. The first-order valence-corrected chi connectivity index (χ1v) is 12.9. The van der Waals surface area contributed by atoms with Gasteiger partial charge in [-0.15, -0.1) is 0 Å². The second-order valence-electron chi connectivity index (χ2n) is 9.05. The molecule has 6 rings (SSSR count). The van der Waals surface area contributed by atoms with Crippen LogP contribution in [0.1, 0.15) is 35.6 Å². The molecule has 0 fully saturated rings. The van der Waals surface area contributed by atoms with Crippen molar-refractivity contribution >= 4 is 40.1 Å². The third-order valence-electron chi connectivity index (χ3n) is 6.43. The van der Waals surface area contributed by atoms with Crippen molar-refractivity contribution in [2.45, 2.75) is 31.1 Å². The maximum absolute atomic E-state index is 12.8. The second kappa shape index (κ2) is 9.74. The van der Waals surface area contributed by atoms with Gasteiger partial charge in [0, 0.05) is 24.6 Å². The molecule has 0 bridgehead atoms. The van der Waals surface area contributed by atoms with Crippen LogP contribution in [-0.4, -0.2) is 39.7 Å². The number of ether oxygens (including phenoxy) is 2. The molecule has 0 radical (unpaired) electrons. The molecule has 0 spiro atoms. The summed E-state index contributed by atoms with van der Waals surface area (Å²) in [5.74, 6) is 0.623. The molecule has 1 N–H and O–H groups in total. The van der Waals surface area contributed by atoms with E-state index in [1.54, 1.807) is 18.2 Å². The second-order valence-corrected chi connectivity index (χ2v) is 10.2. The fraction of sp³-hybridized carbons (Fsp3) is 0.214. The SMILES string of the molecule is Cc1ccc(C2CC(c3ccccc3)=NN2C2=NC(=O)C(CC(=O)Nc3ccc4c(c3)OCO4)S2)cc1. The van der Waals surface area contributed by atoms with Gasteiger partial charge in [0.15, 0.2) is 16.7 Å². The molecule has 3 aliphatic heterocycles. The lowest BCUT2D eigenvalue weighted by atomic mass is 9.98. The van der Waals surface area contributed by atoms with E-state index in [4.69, 9.17) is 14.6 Å². The highest BCUT2D eigenvalue weighted by molar-refractivity contribution is 8.15. The van der Waals surface area contributed by atoms with Crippen molar-refractivity contribution in [3.05, 3.63) is 89.5 Å². The predicted molar refractivity (Wildman–Crippen MR) is 143 cm³/mol. The number of nitrogens with one attached hydrogen (secondary N) is 1. The molecule has 3 aromatic carbocycles. The Balaban J connectivity index is 1.18. The lowest BCUT2D eigenvalue weighted by Gasteiger charge is -2.23. The number of aryl methyl sites for hydroxylation is 1. The molecule has 3 heterocycles. The van der Waals surface area contributed by atoms with Crippen molar-refractivity contribution < 1.29 is 19.1 Å². The fourth-order valence-electron chi connectivity index (χ4n) is 4.50. The van der Waals surface area contributed by atoms with Crippen LogP contribution >= 0.6 is 11.8 Å². The minimum atomic E-state index is -0.612. The van der Waals surface area contributed by atoms with Crippen LogP contribution in [0.2, 0.25) is 0 Å². The number of carbonyl (C=O) groups excluding carboxylic acids is 2. The van der Waals surface area contributed by atoms with Crippen LogP contribution in [0.4, 0.5) is 5.69 Å². The highest BCUT2D eigenvalue weighted by Crippen LogP contribution is 2.39. The van der Waals surface area contributed by atoms with Crippen LogP contribution < -0.4 is 14.8 Å². The highest BCUT2D eigenvalue weighted by atomic mass is 32.2. The number of fused-ring (bicyclic) bond motifs is 1. The average Bonchev–Trinajstić information content (AvgIpc) is 3.64. The Hall–Kier alpha value is -4.11. The Morgan fingerprint density at radius 1 is 1.05 bits per heavy atom. The topological polar surface area (TPSA) is 92.6 Å². The lowest BCUT2D eigenvalue weighted by Crippen LogP contribution is -2.25. The molecule has 2 amide bonds. The number of nitrogens with zero attached hydrogens (tertiary/aromatic N) is 3. The number of amides is 2. The molecule has 0 saturated heterocycles. The van der Waals surface area contributed by atoms with E-state index < -0.39 is 5.25 Å². The van der Waals surface area contributed by atoms with Gasteiger partial charge in [-0.2, -0.15) is 10.1 Å². The summed E-state index contributed by atoms with van der Waals surface area (Å²) in [6.07, 6.45) is 0.694. The first kappa shape index (κ1) is 23.3. The summed E-state index contributed by atoms with van der Waals surface area (Å²) in [5, 5.41) is 9.47. The fourth-order valence-corrected chi connectivity index (χ4v) is 5.56. The van der Waals surface area contributed by atoms with Gasteiger partial charge in [-0.3, -0.25) is 9.59 Å². The molecular formula is C28H24N4O4S. The van der Waals surface area contributed by atoms with Gasteiger partial charge in [0.1, 0.15) is 5.25 Å². The van der Waals surface area contributed by atoms with Crippen molar-refractivity contribution in [3.63, 3.8) is 0 Å².